The highest BCUT2D eigenvalue weighted by Gasteiger charge is 2.27. The lowest BCUT2D eigenvalue weighted by atomic mass is 9.77. The molecule has 1 atom stereocenters. The van der Waals surface area contributed by atoms with Gasteiger partial charge in [-0.2, -0.15) is 0 Å². The molecule has 3 nitrogen and oxygen atoms in total. The fourth-order valence-corrected chi connectivity index (χ4v) is 3.52. The molecule has 0 spiro atoms. The first kappa shape index (κ1) is 13.3. The maximum Gasteiger partial charge on any atom is 0.121 e. The smallest absolute Gasteiger partial charge is 0.121 e. The zero-order valence-corrected chi connectivity index (χ0v) is 12.9. The number of hydrogen-bond acceptors (Lipinski definition) is 2. The summed E-state index contributed by atoms with van der Waals surface area (Å²) in [4.78, 5) is 0. The molecular formula is C19H19N3. The van der Waals surface area contributed by atoms with Crippen molar-refractivity contribution in [2.45, 2.75) is 26.2 Å². The predicted molar refractivity (Wildman–Crippen MR) is 88.5 cm³/mol. The van der Waals surface area contributed by atoms with Crippen molar-refractivity contribution in [3.8, 4) is 22.5 Å². The second-order valence-corrected chi connectivity index (χ2v) is 6.33. The first-order valence-electron chi connectivity index (χ1n) is 7.84. The summed E-state index contributed by atoms with van der Waals surface area (Å²) in [6.45, 7) is 4.60. The highest BCUT2D eigenvalue weighted by atomic mass is 15.3. The zero-order valence-electron chi connectivity index (χ0n) is 12.9. The summed E-state index contributed by atoms with van der Waals surface area (Å²) in [5, 5.41) is 11.6. The van der Waals surface area contributed by atoms with Gasteiger partial charge in [-0.05, 0) is 29.4 Å². The molecule has 3 heteroatoms. The lowest BCUT2D eigenvalue weighted by Crippen LogP contribution is -2.14. The van der Waals surface area contributed by atoms with E-state index in [1.807, 2.05) is 0 Å². The van der Waals surface area contributed by atoms with Gasteiger partial charge in [0.05, 0.1) is 5.69 Å². The minimum absolute atomic E-state index is 0.488. The number of H-pyrrole nitrogens is 1. The summed E-state index contributed by atoms with van der Waals surface area (Å²) in [5.74, 6) is 1.06. The van der Waals surface area contributed by atoms with Crippen molar-refractivity contribution in [1.82, 2.24) is 15.4 Å². The number of nitrogens with one attached hydrogen (secondary N) is 1. The molecule has 0 aliphatic heterocycles. The van der Waals surface area contributed by atoms with Gasteiger partial charge in [-0.1, -0.05) is 67.6 Å². The van der Waals surface area contributed by atoms with Crippen LogP contribution < -0.4 is 0 Å². The molecular weight excluding hydrogens is 270 g/mol. The van der Waals surface area contributed by atoms with Crippen LogP contribution in [0.4, 0.5) is 0 Å². The number of nitrogens with zero attached hydrogens (tertiary/aromatic N) is 2. The maximum atomic E-state index is 4.39. The van der Waals surface area contributed by atoms with Crippen LogP contribution in [0.1, 0.15) is 30.9 Å². The first-order valence-corrected chi connectivity index (χ1v) is 7.84. The summed E-state index contributed by atoms with van der Waals surface area (Å²) in [6.07, 6.45) is 1.04. The molecule has 1 unspecified atom stereocenters. The molecule has 0 amide bonds. The van der Waals surface area contributed by atoms with E-state index in [-0.39, 0.29) is 0 Å². The van der Waals surface area contributed by atoms with E-state index in [1.54, 1.807) is 0 Å². The highest BCUT2D eigenvalue weighted by molar-refractivity contribution is 5.82. The van der Waals surface area contributed by atoms with Crippen LogP contribution in [0, 0.1) is 5.92 Å². The quantitative estimate of drug-likeness (QED) is 0.720. The Labute approximate surface area is 130 Å². The van der Waals surface area contributed by atoms with Gasteiger partial charge in [-0.3, -0.25) is 5.10 Å². The van der Waals surface area contributed by atoms with Gasteiger partial charge in [0.15, 0.2) is 0 Å². The van der Waals surface area contributed by atoms with Gasteiger partial charge in [-0.25, -0.2) is 0 Å². The molecule has 1 aliphatic carbocycles. The fourth-order valence-electron chi connectivity index (χ4n) is 3.52. The third kappa shape index (κ3) is 1.97. The van der Waals surface area contributed by atoms with Crippen LogP contribution in [0.2, 0.25) is 0 Å². The van der Waals surface area contributed by atoms with Gasteiger partial charge in [0, 0.05) is 11.1 Å². The van der Waals surface area contributed by atoms with E-state index < -0.39 is 0 Å². The monoisotopic (exact) mass is 289 g/mol. The van der Waals surface area contributed by atoms with Crippen molar-refractivity contribution in [3.63, 3.8) is 0 Å². The molecule has 0 radical (unpaired) electrons. The average Bonchev–Trinajstić information content (AvgIpc) is 3.00. The van der Waals surface area contributed by atoms with E-state index in [1.165, 1.54) is 22.3 Å². The van der Waals surface area contributed by atoms with E-state index >= 15 is 0 Å². The summed E-state index contributed by atoms with van der Waals surface area (Å²) in [7, 11) is 0. The second kappa shape index (κ2) is 5.09. The van der Waals surface area contributed by atoms with Gasteiger partial charge in [0.1, 0.15) is 5.69 Å². The molecule has 0 fully saturated rings. The van der Waals surface area contributed by atoms with Crippen LogP contribution in [0.3, 0.4) is 0 Å². The third-order valence-electron chi connectivity index (χ3n) is 4.70. The molecule has 0 saturated heterocycles. The van der Waals surface area contributed by atoms with Gasteiger partial charge in [-0.15, -0.1) is 5.10 Å². The largest absolute Gasteiger partial charge is 0.257 e. The number of aromatic amines is 1. The Hall–Kier alpha value is -2.42. The molecule has 1 aromatic heterocycles. The maximum absolute atomic E-state index is 4.39. The van der Waals surface area contributed by atoms with Crippen molar-refractivity contribution in [2.75, 3.05) is 0 Å². The summed E-state index contributed by atoms with van der Waals surface area (Å²) in [6, 6.07) is 17.2. The molecule has 1 N–H and O–H groups in total. The molecule has 1 aliphatic rings. The summed E-state index contributed by atoms with van der Waals surface area (Å²) in [5.41, 5.74) is 7.17. The minimum Gasteiger partial charge on any atom is -0.257 e. The predicted octanol–water partition coefficient (Wildman–Crippen LogP) is 4.43. The van der Waals surface area contributed by atoms with E-state index in [9.17, 15) is 0 Å². The van der Waals surface area contributed by atoms with Crippen LogP contribution in [-0.4, -0.2) is 15.4 Å². The number of benzene rings is 2. The van der Waals surface area contributed by atoms with E-state index in [0.717, 1.165) is 17.8 Å². The number of fused-ring (bicyclic) bond motifs is 5. The molecule has 4 rings (SSSR count). The fraction of sp³-hybridized carbons (Fsp3) is 0.263. The Balaban J connectivity index is 2.05. The van der Waals surface area contributed by atoms with E-state index in [2.05, 4.69) is 77.8 Å². The number of rotatable bonds is 1. The first-order chi connectivity index (χ1) is 10.8. The van der Waals surface area contributed by atoms with E-state index in [0.29, 0.717) is 11.8 Å². The molecule has 2 aromatic carbocycles. The van der Waals surface area contributed by atoms with Crippen LogP contribution in [-0.2, 0) is 6.42 Å². The standard InChI is InChI=1S/C19H19N3/c1-12(2)17-11-13-7-3-4-8-14(13)18-19(21-22-20-18)16-10-6-5-9-15(16)17/h3-10,12,17H,11H2,1-2H3,(H,20,21,22). The highest BCUT2D eigenvalue weighted by Crippen LogP contribution is 2.42. The Morgan fingerprint density at radius 3 is 2.55 bits per heavy atom. The Bertz CT molecular complexity index is 817. The summed E-state index contributed by atoms with van der Waals surface area (Å²) >= 11 is 0. The van der Waals surface area contributed by atoms with Crippen LogP contribution in [0.5, 0.6) is 0 Å². The zero-order chi connectivity index (χ0) is 15.1. The van der Waals surface area contributed by atoms with Crippen molar-refractivity contribution in [3.05, 3.63) is 59.7 Å². The Kier molecular flexibility index (Phi) is 3.07. The van der Waals surface area contributed by atoms with Crippen LogP contribution in [0.15, 0.2) is 48.5 Å². The average molecular weight is 289 g/mol. The molecule has 0 bridgehead atoms. The minimum atomic E-state index is 0.488. The topological polar surface area (TPSA) is 41.6 Å². The van der Waals surface area contributed by atoms with Crippen LogP contribution >= 0.6 is 0 Å². The lowest BCUT2D eigenvalue weighted by molar-refractivity contribution is 0.496. The SMILES string of the molecule is CC(C)C1Cc2ccccc2-c2[nH]nnc2-c2ccccc21. The molecule has 22 heavy (non-hydrogen) atoms. The molecule has 110 valence electrons. The van der Waals surface area contributed by atoms with Crippen molar-refractivity contribution < 1.29 is 0 Å². The van der Waals surface area contributed by atoms with E-state index in [4.69, 9.17) is 0 Å². The molecule has 1 heterocycles. The number of hydrogen-bond donors (Lipinski definition) is 1. The molecule has 0 saturated carbocycles. The van der Waals surface area contributed by atoms with Gasteiger partial charge >= 0.3 is 0 Å². The summed E-state index contributed by atoms with van der Waals surface area (Å²) < 4.78 is 0. The molecule has 3 aromatic rings. The second-order valence-electron chi connectivity index (χ2n) is 6.33. The van der Waals surface area contributed by atoms with Crippen LogP contribution in [0.25, 0.3) is 22.5 Å². The third-order valence-corrected chi connectivity index (χ3v) is 4.70. The van der Waals surface area contributed by atoms with Gasteiger partial charge in [0.2, 0.25) is 0 Å². The Morgan fingerprint density at radius 2 is 1.73 bits per heavy atom. The lowest BCUT2D eigenvalue weighted by Gasteiger charge is -2.27. The van der Waals surface area contributed by atoms with Crippen molar-refractivity contribution >= 4 is 0 Å². The van der Waals surface area contributed by atoms with Crippen molar-refractivity contribution in [1.29, 1.82) is 0 Å². The normalized spacial score (nSPS) is 16.4. The Morgan fingerprint density at radius 1 is 1.00 bits per heavy atom. The number of aromatic nitrogens is 3. The van der Waals surface area contributed by atoms with Crippen molar-refractivity contribution in [2.24, 2.45) is 5.92 Å². The van der Waals surface area contributed by atoms with Gasteiger partial charge in [0.25, 0.3) is 0 Å². The van der Waals surface area contributed by atoms with Gasteiger partial charge < -0.3 is 0 Å².